The van der Waals surface area contributed by atoms with Crippen LogP contribution in [0.1, 0.15) is 21.5 Å². The first-order valence-electron chi connectivity index (χ1n) is 5.82. The molecule has 1 atom stereocenters. The maximum absolute atomic E-state index is 13.5. The molecule has 2 rings (SSSR count). The van der Waals surface area contributed by atoms with Gasteiger partial charge in [-0.25, -0.2) is 13.2 Å². The highest BCUT2D eigenvalue weighted by atomic mass is 79.9. The molecule has 0 saturated heterocycles. The SMILES string of the molecule is Cc1ccc(C(Br)Cc2c(F)cccc2F)cc1F. The maximum atomic E-state index is 13.5. The van der Waals surface area contributed by atoms with Crippen molar-refractivity contribution in [1.29, 1.82) is 0 Å². The Labute approximate surface area is 118 Å². The standard InChI is InChI=1S/C15H12BrF3/c1-9-5-6-10(7-15(9)19)12(16)8-11-13(17)3-2-4-14(11)18/h2-7,12H,8H2,1H3. The van der Waals surface area contributed by atoms with Gasteiger partial charge in [-0.2, -0.15) is 0 Å². The van der Waals surface area contributed by atoms with Gasteiger partial charge in [0, 0.05) is 10.4 Å². The molecule has 0 nitrogen and oxygen atoms in total. The van der Waals surface area contributed by atoms with Crippen molar-refractivity contribution in [2.24, 2.45) is 0 Å². The van der Waals surface area contributed by atoms with Crippen LogP contribution in [0.5, 0.6) is 0 Å². The molecule has 0 fully saturated rings. The van der Waals surface area contributed by atoms with Crippen molar-refractivity contribution in [2.75, 3.05) is 0 Å². The van der Waals surface area contributed by atoms with Crippen molar-refractivity contribution in [3.63, 3.8) is 0 Å². The molecular formula is C15H12BrF3. The minimum Gasteiger partial charge on any atom is -0.207 e. The molecule has 0 aliphatic rings. The third kappa shape index (κ3) is 3.18. The highest BCUT2D eigenvalue weighted by molar-refractivity contribution is 9.09. The molecule has 4 heteroatoms. The van der Waals surface area contributed by atoms with Crippen LogP contribution in [-0.4, -0.2) is 0 Å². The van der Waals surface area contributed by atoms with Gasteiger partial charge in [0.15, 0.2) is 0 Å². The highest BCUT2D eigenvalue weighted by Gasteiger charge is 2.16. The fourth-order valence-corrected chi connectivity index (χ4v) is 2.44. The summed E-state index contributed by atoms with van der Waals surface area (Å²) in [6, 6.07) is 8.53. The summed E-state index contributed by atoms with van der Waals surface area (Å²) >= 11 is 3.35. The van der Waals surface area contributed by atoms with Crippen LogP contribution in [0.15, 0.2) is 36.4 Å². The summed E-state index contributed by atoms with van der Waals surface area (Å²) in [5.74, 6) is -1.50. The Bertz CT molecular complexity index is 576. The minimum atomic E-state index is -0.586. The summed E-state index contributed by atoms with van der Waals surface area (Å²) in [6.07, 6.45) is 0.126. The van der Waals surface area contributed by atoms with E-state index in [1.54, 1.807) is 19.1 Å². The molecule has 0 amide bonds. The molecule has 1 unspecified atom stereocenters. The van der Waals surface area contributed by atoms with Crippen LogP contribution >= 0.6 is 15.9 Å². The Morgan fingerprint density at radius 2 is 1.63 bits per heavy atom. The molecule has 0 radical (unpaired) electrons. The third-order valence-electron chi connectivity index (χ3n) is 3.00. The number of hydrogen-bond acceptors (Lipinski definition) is 0. The number of rotatable bonds is 3. The van der Waals surface area contributed by atoms with E-state index in [2.05, 4.69) is 15.9 Å². The lowest BCUT2D eigenvalue weighted by Crippen LogP contribution is -2.02. The summed E-state index contributed by atoms with van der Waals surface area (Å²) < 4.78 is 40.5. The van der Waals surface area contributed by atoms with Crippen LogP contribution < -0.4 is 0 Å². The lowest BCUT2D eigenvalue weighted by atomic mass is 10.0. The van der Waals surface area contributed by atoms with Crippen molar-refractivity contribution in [3.05, 3.63) is 70.5 Å². The predicted molar refractivity (Wildman–Crippen MR) is 72.9 cm³/mol. The molecule has 2 aromatic rings. The van der Waals surface area contributed by atoms with Gasteiger partial charge in [0.2, 0.25) is 0 Å². The van der Waals surface area contributed by atoms with E-state index >= 15 is 0 Å². The van der Waals surface area contributed by atoms with E-state index in [1.807, 2.05) is 0 Å². The zero-order valence-corrected chi connectivity index (χ0v) is 11.8. The molecule has 0 saturated carbocycles. The lowest BCUT2D eigenvalue weighted by molar-refractivity contribution is 0.553. The minimum absolute atomic E-state index is 0.00496. The normalized spacial score (nSPS) is 12.5. The van der Waals surface area contributed by atoms with Gasteiger partial charge in [0.25, 0.3) is 0 Å². The van der Waals surface area contributed by atoms with Gasteiger partial charge >= 0.3 is 0 Å². The molecule has 2 aromatic carbocycles. The van der Waals surface area contributed by atoms with Crippen LogP contribution in [0.3, 0.4) is 0 Å². The topological polar surface area (TPSA) is 0 Å². The van der Waals surface area contributed by atoms with Gasteiger partial charge in [0.05, 0.1) is 0 Å². The average Bonchev–Trinajstić information content (AvgIpc) is 2.37. The van der Waals surface area contributed by atoms with Crippen LogP contribution in [-0.2, 0) is 6.42 Å². The van der Waals surface area contributed by atoms with E-state index in [-0.39, 0.29) is 22.6 Å². The van der Waals surface area contributed by atoms with E-state index in [0.717, 1.165) is 0 Å². The molecule has 19 heavy (non-hydrogen) atoms. The van der Waals surface area contributed by atoms with Crippen LogP contribution in [0.2, 0.25) is 0 Å². The Hall–Kier alpha value is -1.29. The lowest BCUT2D eigenvalue weighted by Gasteiger charge is -2.12. The van der Waals surface area contributed by atoms with Gasteiger partial charge in [-0.05, 0) is 42.7 Å². The predicted octanol–water partition coefficient (Wildman–Crippen LogP) is 5.09. The second-order valence-corrected chi connectivity index (χ2v) is 5.49. The molecule has 0 aliphatic heterocycles. The van der Waals surface area contributed by atoms with Gasteiger partial charge in [-0.15, -0.1) is 0 Å². The van der Waals surface area contributed by atoms with E-state index in [9.17, 15) is 13.2 Å². The third-order valence-corrected chi connectivity index (χ3v) is 3.86. The number of benzene rings is 2. The first kappa shape index (κ1) is 14.1. The average molecular weight is 329 g/mol. The molecule has 0 aromatic heterocycles. The number of aryl methyl sites for hydroxylation is 1. The zero-order valence-electron chi connectivity index (χ0n) is 10.3. The van der Waals surface area contributed by atoms with Crippen LogP contribution in [0.25, 0.3) is 0 Å². The molecule has 0 bridgehead atoms. The highest BCUT2D eigenvalue weighted by Crippen LogP contribution is 2.30. The second-order valence-electron chi connectivity index (χ2n) is 4.38. The van der Waals surface area contributed by atoms with Gasteiger partial charge in [0.1, 0.15) is 17.5 Å². The largest absolute Gasteiger partial charge is 0.207 e. The maximum Gasteiger partial charge on any atom is 0.129 e. The number of halogens is 4. The molecule has 100 valence electrons. The number of alkyl halides is 1. The van der Waals surface area contributed by atoms with Crippen molar-refractivity contribution < 1.29 is 13.2 Å². The first-order chi connectivity index (χ1) is 8.99. The van der Waals surface area contributed by atoms with Gasteiger partial charge in [-0.3, -0.25) is 0 Å². The first-order valence-corrected chi connectivity index (χ1v) is 6.73. The van der Waals surface area contributed by atoms with E-state index < -0.39 is 11.6 Å². The Morgan fingerprint density at radius 3 is 2.21 bits per heavy atom. The summed E-state index contributed by atoms with van der Waals surface area (Å²) in [5.41, 5.74) is 1.21. The fourth-order valence-electron chi connectivity index (χ4n) is 1.83. The van der Waals surface area contributed by atoms with Crippen molar-refractivity contribution in [1.82, 2.24) is 0 Å². The van der Waals surface area contributed by atoms with Gasteiger partial charge in [-0.1, -0.05) is 34.1 Å². The molecule has 0 N–H and O–H groups in total. The van der Waals surface area contributed by atoms with E-state index in [1.165, 1.54) is 24.3 Å². The smallest absolute Gasteiger partial charge is 0.129 e. The zero-order chi connectivity index (χ0) is 14.0. The molecular weight excluding hydrogens is 317 g/mol. The van der Waals surface area contributed by atoms with Gasteiger partial charge < -0.3 is 0 Å². The Kier molecular flexibility index (Phi) is 4.30. The molecule has 0 spiro atoms. The Balaban J connectivity index is 2.25. The Morgan fingerprint density at radius 1 is 1.00 bits per heavy atom. The van der Waals surface area contributed by atoms with Crippen molar-refractivity contribution >= 4 is 15.9 Å². The summed E-state index contributed by atoms with van der Waals surface area (Å²) in [5, 5.41) is 0. The van der Waals surface area contributed by atoms with E-state index in [4.69, 9.17) is 0 Å². The summed E-state index contributed by atoms with van der Waals surface area (Å²) in [6.45, 7) is 1.67. The number of hydrogen-bond donors (Lipinski definition) is 0. The van der Waals surface area contributed by atoms with Crippen LogP contribution in [0.4, 0.5) is 13.2 Å². The molecule has 0 heterocycles. The monoisotopic (exact) mass is 328 g/mol. The van der Waals surface area contributed by atoms with Crippen LogP contribution in [0, 0.1) is 24.4 Å². The van der Waals surface area contributed by atoms with Crippen molar-refractivity contribution in [3.8, 4) is 0 Å². The summed E-state index contributed by atoms with van der Waals surface area (Å²) in [7, 11) is 0. The van der Waals surface area contributed by atoms with Crippen molar-refractivity contribution in [2.45, 2.75) is 18.2 Å². The van der Waals surface area contributed by atoms with E-state index in [0.29, 0.717) is 11.1 Å². The fraction of sp³-hybridized carbons (Fsp3) is 0.200. The quantitative estimate of drug-likeness (QED) is 0.688. The second kappa shape index (κ2) is 5.78. The summed E-state index contributed by atoms with van der Waals surface area (Å²) in [4.78, 5) is -0.339. The molecule has 0 aliphatic carbocycles.